The van der Waals surface area contributed by atoms with Crippen molar-refractivity contribution >= 4 is 0 Å². The van der Waals surface area contributed by atoms with Crippen molar-refractivity contribution in [3.05, 3.63) is 71.3 Å². The Morgan fingerprint density at radius 1 is 0.767 bits per heavy atom. The molecule has 0 unspecified atom stereocenters. The number of rotatable bonds is 2. The molecule has 6 heteroatoms. The van der Waals surface area contributed by atoms with E-state index in [0.29, 0.717) is 11.5 Å². The number of imidazole rings is 2. The summed E-state index contributed by atoms with van der Waals surface area (Å²) in [5, 5.41) is 0. The van der Waals surface area contributed by atoms with Gasteiger partial charge in [0.15, 0.2) is 0 Å². The molecular weight excluding hydrogens is 555 g/mol. The molecule has 0 saturated carbocycles. The molecule has 5 nitrogen and oxygen atoms in total. The van der Waals surface area contributed by atoms with Crippen LogP contribution in [0.1, 0.15) is 22.5 Å². The molecule has 2 aromatic carbocycles. The van der Waals surface area contributed by atoms with E-state index in [0.717, 1.165) is 60.1 Å². The number of hydrogen-bond acceptors (Lipinski definition) is 3. The van der Waals surface area contributed by atoms with Crippen LogP contribution in [0.25, 0.3) is 22.8 Å². The standard InChI is InChI=1S/C24H20N4O.Pt/c1-15-13-27-9-7-17-3-5-19(11-21(17)23(27)25-15)29-20-6-4-18-8-10-28-14-16(2)26-24(28)22(18)12-20;/h3-6,13-14H,7-10H2,1-2H3;/q-2;+2. The Morgan fingerprint density at radius 2 is 1.23 bits per heavy atom. The van der Waals surface area contributed by atoms with Crippen molar-refractivity contribution in [1.29, 1.82) is 0 Å². The van der Waals surface area contributed by atoms with Crippen molar-refractivity contribution in [3.63, 3.8) is 0 Å². The van der Waals surface area contributed by atoms with Crippen molar-refractivity contribution in [3.8, 4) is 34.3 Å². The molecule has 2 aliphatic heterocycles. The fourth-order valence-electron chi connectivity index (χ4n) is 4.38. The first-order valence-corrected chi connectivity index (χ1v) is 10.0. The second-order valence-corrected chi connectivity index (χ2v) is 7.85. The van der Waals surface area contributed by atoms with Crippen LogP contribution in [-0.2, 0) is 47.0 Å². The van der Waals surface area contributed by atoms with Crippen molar-refractivity contribution in [2.24, 2.45) is 0 Å². The van der Waals surface area contributed by atoms with E-state index >= 15 is 0 Å². The van der Waals surface area contributed by atoms with Gasteiger partial charge in [-0.1, -0.05) is 12.1 Å². The van der Waals surface area contributed by atoms with E-state index in [1.54, 1.807) is 0 Å². The van der Waals surface area contributed by atoms with Crippen molar-refractivity contribution in [1.82, 2.24) is 19.1 Å². The summed E-state index contributed by atoms with van der Waals surface area (Å²) in [6.45, 7) is 5.97. The molecule has 0 fully saturated rings. The second-order valence-electron chi connectivity index (χ2n) is 7.85. The van der Waals surface area contributed by atoms with Crippen LogP contribution in [0.15, 0.2) is 36.7 Å². The maximum atomic E-state index is 6.17. The molecule has 4 aromatic rings. The fraction of sp³-hybridized carbons (Fsp3) is 0.250. The van der Waals surface area contributed by atoms with Crippen LogP contribution in [0, 0.1) is 26.0 Å². The van der Waals surface area contributed by atoms with E-state index in [9.17, 15) is 0 Å². The molecule has 30 heavy (non-hydrogen) atoms. The Hall–Kier alpha value is -2.65. The molecule has 152 valence electrons. The minimum absolute atomic E-state index is 0. The topological polar surface area (TPSA) is 44.9 Å². The molecule has 2 aliphatic rings. The van der Waals surface area contributed by atoms with Gasteiger partial charge in [-0.05, 0) is 26.7 Å². The van der Waals surface area contributed by atoms with Crippen LogP contribution in [-0.4, -0.2) is 19.1 Å². The summed E-state index contributed by atoms with van der Waals surface area (Å²) in [5.41, 5.74) is 6.66. The summed E-state index contributed by atoms with van der Waals surface area (Å²) in [6.07, 6.45) is 6.17. The van der Waals surface area contributed by atoms with Crippen molar-refractivity contribution < 1.29 is 25.8 Å². The molecule has 6 rings (SSSR count). The van der Waals surface area contributed by atoms with Gasteiger partial charge in [0.1, 0.15) is 0 Å². The predicted molar refractivity (Wildman–Crippen MR) is 110 cm³/mol. The molecule has 0 atom stereocenters. The zero-order chi connectivity index (χ0) is 19.5. The van der Waals surface area contributed by atoms with Gasteiger partial charge >= 0.3 is 21.1 Å². The summed E-state index contributed by atoms with van der Waals surface area (Å²) in [5.74, 6) is 3.32. The average Bonchev–Trinajstić information content (AvgIpc) is 3.29. The van der Waals surface area contributed by atoms with Crippen LogP contribution in [0.2, 0.25) is 0 Å². The minimum atomic E-state index is 0. The molecule has 0 bridgehead atoms. The Morgan fingerprint density at radius 3 is 1.70 bits per heavy atom. The third kappa shape index (κ3) is 3.12. The number of nitrogens with zero attached hydrogens (tertiary/aromatic N) is 4. The summed E-state index contributed by atoms with van der Waals surface area (Å²) in [4.78, 5) is 9.37. The Bertz CT molecular complexity index is 1170. The summed E-state index contributed by atoms with van der Waals surface area (Å²) in [7, 11) is 0. The van der Waals surface area contributed by atoms with Crippen LogP contribution < -0.4 is 4.74 Å². The smallest absolute Gasteiger partial charge is 0.497 e. The summed E-state index contributed by atoms with van der Waals surface area (Å²) >= 11 is 0. The zero-order valence-electron chi connectivity index (χ0n) is 16.8. The number of ether oxygens (including phenoxy) is 1. The Balaban J connectivity index is 0.00000193. The average molecular weight is 576 g/mol. The molecular formula is C24H20N4OPt. The minimum Gasteiger partial charge on any atom is -0.497 e. The monoisotopic (exact) mass is 575 g/mol. The molecule has 0 spiro atoms. The van der Waals surface area contributed by atoms with Crippen LogP contribution in [0.4, 0.5) is 0 Å². The van der Waals surface area contributed by atoms with E-state index in [4.69, 9.17) is 4.74 Å². The normalized spacial score (nSPS) is 13.5. The fourth-order valence-corrected chi connectivity index (χ4v) is 4.38. The molecule has 0 amide bonds. The van der Waals surface area contributed by atoms with Gasteiger partial charge in [0, 0.05) is 48.4 Å². The molecule has 0 radical (unpaired) electrons. The zero-order valence-corrected chi connectivity index (χ0v) is 19.1. The number of aryl methyl sites for hydroxylation is 6. The number of benzene rings is 2. The number of fused-ring (bicyclic) bond motifs is 6. The van der Waals surface area contributed by atoms with Gasteiger partial charge in [0.25, 0.3) is 0 Å². The van der Waals surface area contributed by atoms with E-state index < -0.39 is 0 Å². The van der Waals surface area contributed by atoms with E-state index in [2.05, 4.69) is 55.8 Å². The first-order chi connectivity index (χ1) is 14.1. The second kappa shape index (κ2) is 7.24. The third-order valence-electron chi connectivity index (χ3n) is 5.72. The van der Waals surface area contributed by atoms with Gasteiger partial charge in [-0.25, -0.2) is 0 Å². The molecule has 2 aromatic heterocycles. The number of aromatic nitrogens is 4. The van der Waals surface area contributed by atoms with Gasteiger partial charge in [-0.15, -0.1) is 46.5 Å². The quantitative estimate of drug-likeness (QED) is 0.330. The predicted octanol–water partition coefficient (Wildman–Crippen LogP) is 4.53. The van der Waals surface area contributed by atoms with Crippen molar-refractivity contribution in [2.45, 2.75) is 39.8 Å². The van der Waals surface area contributed by atoms with E-state index in [-0.39, 0.29) is 21.1 Å². The maximum Gasteiger partial charge on any atom is 2.00 e. The van der Waals surface area contributed by atoms with Gasteiger partial charge in [0.2, 0.25) is 0 Å². The van der Waals surface area contributed by atoms with Gasteiger partial charge < -0.3 is 13.9 Å². The SMILES string of the molecule is Cc1cn2c(n1)-c1[c-]c(Oc3[c-]c4c(cc3)CCn3cc(C)nc3-4)ccc1CC2.[Pt+2]. The van der Waals surface area contributed by atoms with Crippen LogP contribution in [0.5, 0.6) is 11.5 Å². The number of hydrogen-bond donors (Lipinski definition) is 0. The van der Waals surface area contributed by atoms with Gasteiger partial charge in [-0.2, -0.15) is 0 Å². The first-order valence-electron chi connectivity index (χ1n) is 10.0. The van der Waals surface area contributed by atoms with E-state index in [1.807, 2.05) is 26.0 Å². The van der Waals surface area contributed by atoms with Gasteiger partial charge in [0.05, 0.1) is 11.6 Å². The molecule has 0 aliphatic carbocycles. The van der Waals surface area contributed by atoms with Crippen LogP contribution in [0.3, 0.4) is 0 Å². The van der Waals surface area contributed by atoms with Gasteiger partial charge in [-0.3, -0.25) is 9.97 Å². The molecule has 4 heterocycles. The van der Waals surface area contributed by atoms with E-state index in [1.165, 1.54) is 11.1 Å². The Kier molecular flexibility index (Phi) is 4.66. The Labute approximate surface area is 190 Å². The van der Waals surface area contributed by atoms with Crippen molar-refractivity contribution in [2.75, 3.05) is 0 Å². The van der Waals surface area contributed by atoms with Crippen LogP contribution >= 0.6 is 0 Å². The summed E-state index contributed by atoms with van der Waals surface area (Å²) in [6, 6.07) is 15.1. The third-order valence-corrected chi connectivity index (χ3v) is 5.72. The summed E-state index contributed by atoms with van der Waals surface area (Å²) < 4.78 is 10.6. The molecule has 0 N–H and O–H groups in total. The molecule has 0 saturated heterocycles. The maximum absolute atomic E-state index is 6.17. The first kappa shape index (κ1) is 19.3. The largest absolute Gasteiger partial charge is 2.00 e.